The van der Waals surface area contributed by atoms with Crippen molar-refractivity contribution in [2.75, 3.05) is 19.1 Å². The lowest BCUT2D eigenvalue weighted by molar-refractivity contribution is 0.0473. The molecule has 0 radical (unpaired) electrons. The fourth-order valence-corrected chi connectivity index (χ4v) is 1.46. The van der Waals surface area contributed by atoms with Gasteiger partial charge in [-0.25, -0.2) is 10.8 Å². The van der Waals surface area contributed by atoms with Crippen molar-refractivity contribution in [2.45, 2.75) is 19.4 Å². The predicted octanol–water partition coefficient (Wildman–Crippen LogP) is 0.864. The number of nitrogens with zero attached hydrogens (tertiary/aromatic N) is 2. The molecule has 0 atom stereocenters. The van der Waals surface area contributed by atoms with Crippen LogP contribution in [0.25, 0.3) is 0 Å². The van der Waals surface area contributed by atoms with Gasteiger partial charge in [0, 0.05) is 13.2 Å². The summed E-state index contributed by atoms with van der Waals surface area (Å²) < 4.78 is 0. The molecular weight excluding hydrogens is 256 g/mol. The second-order valence-electron chi connectivity index (χ2n) is 4.53. The highest BCUT2D eigenvalue weighted by Crippen LogP contribution is 2.21. The third kappa shape index (κ3) is 2.90. The highest BCUT2D eigenvalue weighted by molar-refractivity contribution is 6.33. The van der Waals surface area contributed by atoms with Crippen LogP contribution in [0.3, 0.4) is 0 Å². The van der Waals surface area contributed by atoms with Gasteiger partial charge in [0.25, 0.3) is 5.91 Å². The van der Waals surface area contributed by atoms with E-state index in [1.165, 1.54) is 17.2 Å². The summed E-state index contributed by atoms with van der Waals surface area (Å²) in [7, 11) is 1.61. The largest absolute Gasteiger partial charge is 0.394 e. The van der Waals surface area contributed by atoms with Gasteiger partial charge in [-0.1, -0.05) is 11.6 Å². The number of hydrogen-bond acceptors (Lipinski definition) is 5. The van der Waals surface area contributed by atoms with Crippen LogP contribution >= 0.6 is 11.6 Å². The number of aliphatic hydroxyl groups is 1. The zero-order valence-corrected chi connectivity index (χ0v) is 11.3. The number of hydrogen-bond donors (Lipinski definition) is 3. The van der Waals surface area contributed by atoms with E-state index in [1.807, 2.05) is 0 Å². The molecule has 0 bridgehead atoms. The number of carbonyl (C=O) groups is 1. The smallest absolute Gasteiger partial charge is 0.255 e. The van der Waals surface area contributed by atoms with Gasteiger partial charge in [0.1, 0.15) is 0 Å². The Labute approximate surface area is 111 Å². The third-order valence-electron chi connectivity index (χ3n) is 2.82. The molecule has 0 aromatic carbocycles. The summed E-state index contributed by atoms with van der Waals surface area (Å²) >= 11 is 5.90. The Kier molecular flexibility index (Phi) is 4.50. The summed E-state index contributed by atoms with van der Waals surface area (Å²) in [5.74, 6) is 5.23. The number of rotatable bonds is 4. The van der Waals surface area contributed by atoms with Crippen LogP contribution in [0.2, 0.25) is 5.02 Å². The number of nitrogens with one attached hydrogen (secondary N) is 1. The maximum absolute atomic E-state index is 12.2. The summed E-state index contributed by atoms with van der Waals surface area (Å²) in [6.45, 7) is 3.38. The molecule has 0 saturated carbocycles. The molecule has 0 aliphatic carbocycles. The van der Waals surface area contributed by atoms with Crippen molar-refractivity contribution >= 4 is 23.3 Å². The Balaban J connectivity index is 3.01. The monoisotopic (exact) mass is 272 g/mol. The first-order valence-corrected chi connectivity index (χ1v) is 5.72. The van der Waals surface area contributed by atoms with E-state index in [4.69, 9.17) is 17.4 Å². The van der Waals surface area contributed by atoms with E-state index < -0.39 is 5.54 Å². The number of amides is 1. The molecule has 1 rings (SSSR count). The molecule has 0 aliphatic heterocycles. The molecule has 1 amide bonds. The van der Waals surface area contributed by atoms with Crippen LogP contribution in [0, 0.1) is 0 Å². The normalized spacial score (nSPS) is 11.2. The number of hydrazine groups is 1. The molecule has 0 saturated heterocycles. The summed E-state index contributed by atoms with van der Waals surface area (Å²) in [5, 5.41) is 9.50. The Morgan fingerprint density at radius 1 is 1.67 bits per heavy atom. The van der Waals surface area contributed by atoms with E-state index in [1.54, 1.807) is 20.9 Å². The van der Waals surface area contributed by atoms with Crippen molar-refractivity contribution in [3.63, 3.8) is 0 Å². The summed E-state index contributed by atoms with van der Waals surface area (Å²) in [6.07, 6.45) is 1.38. The average molecular weight is 273 g/mol. The molecule has 0 unspecified atom stereocenters. The molecule has 100 valence electrons. The first-order valence-electron chi connectivity index (χ1n) is 5.34. The van der Waals surface area contributed by atoms with Crippen LogP contribution in [-0.2, 0) is 0 Å². The average Bonchev–Trinajstić information content (AvgIpc) is 2.36. The van der Waals surface area contributed by atoms with E-state index in [0.29, 0.717) is 11.4 Å². The van der Waals surface area contributed by atoms with Crippen molar-refractivity contribution in [2.24, 2.45) is 5.84 Å². The minimum absolute atomic E-state index is 0.140. The lowest BCUT2D eigenvalue weighted by Crippen LogP contribution is -2.47. The van der Waals surface area contributed by atoms with Crippen molar-refractivity contribution in [3.05, 3.63) is 22.8 Å². The molecule has 6 nitrogen and oxygen atoms in total. The van der Waals surface area contributed by atoms with E-state index in [-0.39, 0.29) is 17.5 Å². The van der Waals surface area contributed by atoms with Crippen molar-refractivity contribution < 1.29 is 9.90 Å². The van der Waals surface area contributed by atoms with Gasteiger partial charge in [0.15, 0.2) is 5.82 Å². The number of aromatic nitrogens is 1. The number of carbonyl (C=O) groups excluding carboxylic acids is 1. The van der Waals surface area contributed by atoms with Crippen LogP contribution < -0.4 is 11.3 Å². The standard InChI is InChI=1S/C11H17ClN4O2/c1-11(2,6-17)16(3)10(18)7-4-8(12)9(15-13)14-5-7/h4-5,17H,6,13H2,1-3H3,(H,14,15). The zero-order chi connectivity index (χ0) is 13.9. The highest BCUT2D eigenvalue weighted by atomic mass is 35.5. The minimum atomic E-state index is -0.658. The number of aliphatic hydroxyl groups excluding tert-OH is 1. The number of nitrogens with two attached hydrogens (primary N) is 1. The molecule has 4 N–H and O–H groups in total. The van der Waals surface area contributed by atoms with Crippen LogP contribution in [0.4, 0.5) is 5.82 Å². The van der Waals surface area contributed by atoms with Gasteiger partial charge < -0.3 is 15.4 Å². The number of pyridine rings is 1. The fraction of sp³-hybridized carbons (Fsp3) is 0.455. The van der Waals surface area contributed by atoms with Crippen LogP contribution in [0.15, 0.2) is 12.3 Å². The van der Waals surface area contributed by atoms with Gasteiger partial charge in [-0.3, -0.25) is 4.79 Å². The molecule has 1 aromatic rings. The Bertz CT molecular complexity index is 451. The second-order valence-corrected chi connectivity index (χ2v) is 4.94. The van der Waals surface area contributed by atoms with E-state index in [9.17, 15) is 9.90 Å². The number of likely N-dealkylation sites (N-methyl/N-ethyl adjacent to an activating group) is 1. The summed E-state index contributed by atoms with van der Waals surface area (Å²) in [6, 6.07) is 1.48. The summed E-state index contributed by atoms with van der Waals surface area (Å²) in [5.41, 5.74) is 2.00. The first-order chi connectivity index (χ1) is 8.33. The summed E-state index contributed by atoms with van der Waals surface area (Å²) in [4.78, 5) is 17.5. The topological polar surface area (TPSA) is 91.5 Å². The van der Waals surface area contributed by atoms with E-state index in [2.05, 4.69) is 10.4 Å². The molecule has 1 aromatic heterocycles. The van der Waals surface area contributed by atoms with Crippen molar-refractivity contribution in [1.82, 2.24) is 9.88 Å². The number of anilines is 1. The Hall–Kier alpha value is -1.37. The molecular formula is C11H17ClN4O2. The van der Waals surface area contributed by atoms with Crippen molar-refractivity contribution in [3.8, 4) is 0 Å². The van der Waals surface area contributed by atoms with Gasteiger partial charge >= 0.3 is 0 Å². The highest BCUT2D eigenvalue weighted by Gasteiger charge is 2.28. The predicted molar refractivity (Wildman–Crippen MR) is 70.3 cm³/mol. The van der Waals surface area contributed by atoms with Gasteiger partial charge in [0.05, 0.1) is 22.7 Å². The molecule has 0 fully saturated rings. The molecule has 1 heterocycles. The van der Waals surface area contributed by atoms with Crippen LogP contribution in [-0.4, -0.2) is 40.1 Å². The molecule has 0 aliphatic rings. The lowest BCUT2D eigenvalue weighted by atomic mass is 10.0. The minimum Gasteiger partial charge on any atom is -0.394 e. The lowest BCUT2D eigenvalue weighted by Gasteiger charge is -2.33. The van der Waals surface area contributed by atoms with Crippen LogP contribution in [0.1, 0.15) is 24.2 Å². The van der Waals surface area contributed by atoms with Gasteiger partial charge in [-0.05, 0) is 19.9 Å². The number of nitrogen functional groups attached to an aromatic ring is 1. The maximum Gasteiger partial charge on any atom is 0.255 e. The van der Waals surface area contributed by atoms with Gasteiger partial charge in [-0.2, -0.15) is 0 Å². The van der Waals surface area contributed by atoms with Crippen molar-refractivity contribution in [1.29, 1.82) is 0 Å². The fourth-order valence-electron chi connectivity index (χ4n) is 1.24. The van der Waals surface area contributed by atoms with E-state index >= 15 is 0 Å². The van der Waals surface area contributed by atoms with Gasteiger partial charge in [-0.15, -0.1) is 0 Å². The van der Waals surface area contributed by atoms with Crippen LogP contribution in [0.5, 0.6) is 0 Å². The number of halogens is 1. The first kappa shape index (κ1) is 14.7. The van der Waals surface area contributed by atoms with E-state index in [0.717, 1.165) is 0 Å². The van der Waals surface area contributed by atoms with Gasteiger partial charge in [0.2, 0.25) is 0 Å². The SMILES string of the molecule is CN(C(=O)c1cnc(NN)c(Cl)c1)C(C)(C)CO. The molecule has 18 heavy (non-hydrogen) atoms. The maximum atomic E-state index is 12.2. The molecule has 7 heteroatoms. The Morgan fingerprint density at radius 3 is 2.72 bits per heavy atom. The molecule has 0 spiro atoms. The second kappa shape index (κ2) is 5.51. The third-order valence-corrected chi connectivity index (χ3v) is 3.11. The quantitative estimate of drug-likeness (QED) is 0.559. The Morgan fingerprint density at radius 2 is 2.28 bits per heavy atom. The zero-order valence-electron chi connectivity index (χ0n) is 10.6.